The Hall–Kier alpha value is -0.850. The van der Waals surface area contributed by atoms with Crippen molar-refractivity contribution < 1.29 is 4.79 Å². The predicted octanol–water partition coefficient (Wildman–Crippen LogP) is 1.68. The number of nitrogens with two attached hydrogens (primary N) is 1. The highest BCUT2D eigenvalue weighted by Gasteiger charge is 2.25. The molecular formula is C14H24ClN3O2S. The average molecular weight is 334 g/mol. The van der Waals surface area contributed by atoms with E-state index in [4.69, 9.17) is 5.73 Å². The molecule has 120 valence electrons. The summed E-state index contributed by atoms with van der Waals surface area (Å²) in [5.41, 5.74) is 6.72. The number of aromatic nitrogens is 1. The third-order valence-corrected chi connectivity index (χ3v) is 5.14. The molecule has 0 aromatic carbocycles. The first kappa shape index (κ1) is 18.2. The monoisotopic (exact) mass is 333 g/mol. The molecule has 0 bridgehead atoms. The van der Waals surface area contributed by atoms with E-state index in [1.807, 2.05) is 18.7 Å². The molecule has 1 atom stereocenters. The minimum absolute atomic E-state index is 0. The van der Waals surface area contributed by atoms with E-state index >= 15 is 0 Å². The fraction of sp³-hybridized carbons (Fsp3) is 0.714. The first-order valence-corrected chi connectivity index (χ1v) is 8.02. The molecule has 1 amide bonds. The standard InChI is InChI=1S/C14H23N3O2S.ClH/c1-10-11(2)20-14(19)16(10)8-6-13(18)17-7-4-3-5-12(17)9-15;/h12H,3-9,15H2,1-2H3;1H. The number of halogens is 1. The van der Waals surface area contributed by atoms with Crippen molar-refractivity contribution in [1.82, 2.24) is 9.47 Å². The van der Waals surface area contributed by atoms with Crippen LogP contribution < -0.4 is 10.6 Å². The fourth-order valence-electron chi connectivity index (χ4n) is 2.77. The molecule has 2 heterocycles. The first-order chi connectivity index (χ1) is 9.54. The Morgan fingerprint density at radius 3 is 2.67 bits per heavy atom. The fourth-order valence-corrected chi connectivity index (χ4v) is 3.63. The van der Waals surface area contributed by atoms with E-state index in [2.05, 4.69) is 0 Å². The Bertz CT molecular complexity index is 541. The highest BCUT2D eigenvalue weighted by Crippen LogP contribution is 2.17. The van der Waals surface area contributed by atoms with Crippen LogP contribution in [-0.4, -0.2) is 34.5 Å². The number of thiazole rings is 1. The van der Waals surface area contributed by atoms with Crippen LogP contribution in [0.3, 0.4) is 0 Å². The van der Waals surface area contributed by atoms with Gasteiger partial charge in [0.1, 0.15) is 0 Å². The van der Waals surface area contributed by atoms with Crippen LogP contribution in [0.5, 0.6) is 0 Å². The summed E-state index contributed by atoms with van der Waals surface area (Å²) in [4.78, 5) is 27.1. The Labute approximate surface area is 135 Å². The van der Waals surface area contributed by atoms with Gasteiger partial charge in [-0.2, -0.15) is 0 Å². The summed E-state index contributed by atoms with van der Waals surface area (Å²) in [6.45, 7) is 5.68. The van der Waals surface area contributed by atoms with Crippen molar-refractivity contribution in [1.29, 1.82) is 0 Å². The van der Waals surface area contributed by atoms with Gasteiger partial charge in [0.2, 0.25) is 5.91 Å². The number of likely N-dealkylation sites (tertiary alicyclic amines) is 1. The van der Waals surface area contributed by atoms with E-state index in [1.54, 1.807) is 4.57 Å². The molecule has 2 N–H and O–H groups in total. The van der Waals surface area contributed by atoms with Gasteiger partial charge >= 0.3 is 4.87 Å². The molecule has 1 saturated heterocycles. The van der Waals surface area contributed by atoms with Crippen LogP contribution in [-0.2, 0) is 11.3 Å². The molecule has 5 nitrogen and oxygen atoms in total. The normalized spacial score (nSPS) is 18.4. The zero-order valence-corrected chi connectivity index (χ0v) is 14.3. The summed E-state index contributed by atoms with van der Waals surface area (Å²) in [6.07, 6.45) is 3.58. The number of nitrogens with zero attached hydrogens (tertiary/aromatic N) is 2. The molecule has 1 unspecified atom stereocenters. The molecular weight excluding hydrogens is 310 g/mol. The maximum atomic E-state index is 12.3. The molecule has 2 rings (SSSR count). The number of carbonyl (C=O) groups excluding carboxylic acids is 1. The maximum Gasteiger partial charge on any atom is 0.307 e. The van der Waals surface area contributed by atoms with Crippen LogP contribution >= 0.6 is 23.7 Å². The lowest BCUT2D eigenvalue weighted by Crippen LogP contribution is -2.47. The number of hydrogen-bond donors (Lipinski definition) is 1. The molecule has 1 aliphatic heterocycles. The predicted molar refractivity (Wildman–Crippen MR) is 88.3 cm³/mol. The van der Waals surface area contributed by atoms with Gasteiger partial charge in [0.05, 0.1) is 0 Å². The van der Waals surface area contributed by atoms with Crippen LogP contribution in [0, 0.1) is 13.8 Å². The zero-order chi connectivity index (χ0) is 14.7. The molecule has 1 aliphatic rings. The Morgan fingerprint density at radius 1 is 1.38 bits per heavy atom. The summed E-state index contributed by atoms with van der Waals surface area (Å²) in [7, 11) is 0. The van der Waals surface area contributed by atoms with E-state index in [9.17, 15) is 9.59 Å². The van der Waals surface area contributed by atoms with Crippen molar-refractivity contribution in [3.8, 4) is 0 Å². The summed E-state index contributed by atoms with van der Waals surface area (Å²) in [6, 6.07) is 0.179. The first-order valence-electron chi connectivity index (χ1n) is 7.21. The van der Waals surface area contributed by atoms with Gasteiger partial charge in [0, 0.05) is 42.7 Å². The van der Waals surface area contributed by atoms with Crippen LogP contribution in [0.2, 0.25) is 0 Å². The van der Waals surface area contributed by atoms with E-state index in [0.717, 1.165) is 36.4 Å². The molecule has 7 heteroatoms. The minimum atomic E-state index is 0. The Morgan fingerprint density at radius 2 is 2.10 bits per heavy atom. The molecule has 1 aromatic heterocycles. The smallest absolute Gasteiger partial charge is 0.307 e. The quantitative estimate of drug-likeness (QED) is 0.911. The zero-order valence-electron chi connectivity index (χ0n) is 12.6. The molecule has 21 heavy (non-hydrogen) atoms. The van der Waals surface area contributed by atoms with Crippen molar-refractivity contribution in [2.45, 2.75) is 52.1 Å². The number of hydrogen-bond acceptors (Lipinski definition) is 4. The molecule has 0 aliphatic carbocycles. The lowest BCUT2D eigenvalue weighted by molar-refractivity contribution is -0.134. The Kier molecular flexibility index (Phi) is 6.90. The largest absolute Gasteiger partial charge is 0.338 e. The van der Waals surface area contributed by atoms with Gasteiger partial charge in [-0.05, 0) is 33.1 Å². The topological polar surface area (TPSA) is 68.3 Å². The summed E-state index contributed by atoms with van der Waals surface area (Å²) >= 11 is 1.25. The molecule has 0 radical (unpaired) electrons. The second-order valence-electron chi connectivity index (χ2n) is 5.38. The van der Waals surface area contributed by atoms with E-state index < -0.39 is 0 Å². The van der Waals surface area contributed by atoms with Gasteiger partial charge in [-0.15, -0.1) is 12.4 Å². The van der Waals surface area contributed by atoms with Gasteiger partial charge in [0.25, 0.3) is 0 Å². The third-order valence-electron chi connectivity index (χ3n) is 4.14. The van der Waals surface area contributed by atoms with Gasteiger partial charge < -0.3 is 15.2 Å². The van der Waals surface area contributed by atoms with Gasteiger partial charge in [-0.25, -0.2) is 0 Å². The molecule has 1 aromatic rings. The minimum Gasteiger partial charge on any atom is -0.338 e. The summed E-state index contributed by atoms with van der Waals surface area (Å²) < 4.78 is 1.71. The van der Waals surface area contributed by atoms with Gasteiger partial charge in [-0.3, -0.25) is 9.59 Å². The van der Waals surface area contributed by atoms with Gasteiger partial charge in [-0.1, -0.05) is 11.3 Å². The van der Waals surface area contributed by atoms with Crippen molar-refractivity contribution in [2.24, 2.45) is 5.73 Å². The number of carbonyl (C=O) groups is 1. The Balaban J connectivity index is 0.00000220. The summed E-state index contributed by atoms with van der Waals surface area (Å²) in [5, 5.41) is 0. The molecule has 0 spiro atoms. The number of aryl methyl sites for hydroxylation is 1. The third kappa shape index (κ3) is 4.08. The van der Waals surface area contributed by atoms with Crippen LogP contribution in [0.1, 0.15) is 36.3 Å². The van der Waals surface area contributed by atoms with E-state index in [1.165, 1.54) is 11.3 Å². The average Bonchev–Trinajstić information content (AvgIpc) is 2.70. The van der Waals surface area contributed by atoms with Crippen molar-refractivity contribution in [2.75, 3.05) is 13.1 Å². The van der Waals surface area contributed by atoms with E-state index in [0.29, 0.717) is 19.5 Å². The van der Waals surface area contributed by atoms with Crippen molar-refractivity contribution in [3.63, 3.8) is 0 Å². The van der Waals surface area contributed by atoms with Crippen molar-refractivity contribution in [3.05, 3.63) is 20.2 Å². The number of piperidine rings is 1. The second-order valence-corrected chi connectivity index (χ2v) is 6.55. The number of rotatable bonds is 4. The van der Waals surface area contributed by atoms with E-state index in [-0.39, 0.29) is 29.2 Å². The SMILES string of the molecule is Cc1sc(=O)n(CCC(=O)N2CCCCC2CN)c1C.Cl. The lowest BCUT2D eigenvalue weighted by Gasteiger charge is -2.35. The highest BCUT2D eigenvalue weighted by atomic mass is 35.5. The molecule has 0 saturated carbocycles. The highest BCUT2D eigenvalue weighted by molar-refractivity contribution is 7.09. The van der Waals surface area contributed by atoms with Crippen LogP contribution in [0.15, 0.2) is 4.79 Å². The second kappa shape index (κ2) is 7.96. The van der Waals surface area contributed by atoms with Gasteiger partial charge in [0.15, 0.2) is 0 Å². The molecule has 1 fully saturated rings. The lowest BCUT2D eigenvalue weighted by atomic mass is 10.0. The van der Waals surface area contributed by atoms with Crippen LogP contribution in [0.25, 0.3) is 0 Å². The number of amides is 1. The maximum absolute atomic E-state index is 12.3. The van der Waals surface area contributed by atoms with Crippen molar-refractivity contribution >= 4 is 29.7 Å². The summed E-state index contributed by atoms with van der Waals surface area (Å²) in [5.74, 6) is 0.121. The van der Waals surface area contributed by atoms with Crippen LogP contribution in [0.4, 0.5) is 0 Å².